The van der Waals surface area contributed by atoms with Crippen molar-refractivity contribution >= 4 is 17.1 Å². The van der Waals surface area contributed by atoms with Gasteiger partial charge in [0.05, 0.1) is 22.7 Å². The molecule has 33 heavy (non-hydrogen) atoms. The van der Waals surface area contributed by atoms with E-state index in [1.165, 1.54) is 18.3 Å². The number of hydrogen-bond acceptors (Lipinski definition) is 5. The minimum atomic E-state index is -4.56. The molecule has 4 aromatic rings. The molecule has 0 amide bonds. The Morgan fingerprint density at radius 2 is 1.82 bits per heavy atom. The fourth-order valence-electron chi connectivity index (χ4n) is 3.20. The SMILES string of the molecule is N#CCOc1ccccc1C=Nn1c(-c2cccc(C(F)(F)F)c2)nc2ccccc2c1=O. The van der Waals surface area contributed by atoms with Crippen LogP contribution in [-0.2, 0) is 6.18 Å². The predicted octanol–water partition coefficient (Wildman–Crippen LogP) is 4.87. The molecule has 0 N–H and O–H groups in total. The van der Waals surface area contributed by atoms with E-state index in [2.05, 4.69) is 10.1 Å². The summed E-state index contributed by atoms with van der Waals surface area (Å²) in [5, 5.41) is 13.3. The van der Waals surface area contributed by atoms with E-state index in [9.17, 15) is 18.0 Å². The van der Waals surface area contributed by atoms with Crippen molar-refractivity contribution in [3.63, 3.8) is 0 Å². The molecule has 3 aromatic carbocycles. The van der Waals surface area contributed by atoms with Gasteiger partial charge in [0.25, 0.3) is 5.56 Å². The molecule has 1 aromatic heterocycles. The fraction of sp³-hybridized carbons (Fsp3) is 0.0833. The second-order valence-electron chi connectivity index (χ2n) is 6.88. The number of halogens is 3. The van der Waals surface area contributed by atoms with Gasteiger partial charge in [0, 0.05) is 11.1 Å². The number of nitriles is 1. The molecule has 0 spiro atoms. The number of fused-ring (bicyclic) bond motifs is 1. The zero-order valence-corrected chi connectivity index (χ0v) is 17.0. The van der Waals surface area contributed by atoms with Crippen LogP contribution in [0.1, 0.15) is 11.1 Å². The standard InChI is InChI=1S/C24H15F3N4O2/c25-24(26,27)18-8-5-7-16(14-18)22-30-20-10-3-2-9-19(20)23(32)31(22)29-15-17-6-1-4-11-21(17)33-13-12-28/h1-11,14-15H,13H2. The Balaban J connectivity index is 1.90. The van der Waals surface area contributed by atoms with Crippen LogP contribution in [0.15, 0.2) is 82.7 Å². The molecule has 0 aliphatic rings. The number of para-hydroxylation sites is 2. The molecule has 6 nitrogen and oxygen atoms in total. The number of alkyl halides is 3. The summed E-state index contributed by atoms with van der Waals surface area (Å²) in [5.74, 6) is 0.321. The van der Waals surface area contributed by atoms with Gasteiger partial charge in [-0.05, 0) is 36.4 Å². The summed E-state index contributed by atoms with van der Waals surface area (Å²) in [4.78, 5) is 17.6. The van der Waals surface area contributed by atoms with Crippen molar-refractivity contribution in [1.29, 1.82) is 5.26 Å². The van der Waals surface area contributed by atoms with E-state index in [0.717, 1.165) is 16.8 Å². The van der Waals surface area contributed by atoms with E-state index < -0.39 is 17.3 Å². The quantitative estimate of drug-likeness (QED) is 0.408. The topological polar surface area (TPSA) is 80.3 Å². The third-order valence-corrected chi connectivity index (χ3v) is 4.73. The van der Waals surface area contributed by atoms with E-state index in [4.69, 9.17) is 10.00 Å². The van der Waals surface area contributed by atoms with Crippen molar-refractivity contribution in [2.75, 3.05) is 6.61 Å². The van der Waals surface area contributed by atoms with Crippen LogP contribution in [0.3, 0.4) is 0 Å². The highest BCUT2D eigenvalue weighted by Crippen LogP contribution is 2.32. The Bertz CT molecular complexity index is 1450. The molecule has 0 bridgehead atoms. The lowest BCUT2D eigenvalue weighted by Crippen LogP contribution is -2.20. The van der Waals surface area contributed by atoms with Gasteiger partial charge in [0.15, 0.2) is 12.4 Å². The van der Waals surface area contributed by atoms with Crippen LogP contribution in [0.4, 0.5) is 13.2 Å². The highest BCUT2D eigenvalue weighted by atomic mass is 19.4. The van der Waals surface area contributed by atoms with Crippen LogP contribution in [0.25, 0.3) is 22.3 Å². The Morgan fingerprint density at radius 3 is 2.61 bits per heavy atom. The van der Waals surface area contributed by atoms with Crippen molar-refractivity contribution in [1.82, 2.24) is 9.66 Å². The van der Waals surface area contributed by atoms with Gasteiger partial charge < -0.3 is 4.74 Å². The van der Waals surface area contributed by atoms with Crippen LogP contribution >= 0.6 is 0 Å². The Hall–Kier alpha value is -4.45. The lowest BCUT2D eigenvalue weighted by atomic mass is 10.1. The average Bonchev–Trinajstić information content (AvgIpc) is 2.82. The summed E-state index contributed by atoms with van der Waals surface area (Å²) in [6.07, 6.45) is -3.22. The summed E-state index contributed by atoms with van der Waals surface area (Å²) >= 11 is 0. The number of aromatic nitrogens is 2. The number of nitrogens with zero attached hydrogens (tertiary/aromatic N) is 4. The van der Waals surface area contributed by atoms with Crippen molar-refractivity contribution < 1.29 is 17.9 Å². The molecular formula is C24H15F3N4O2. The highest BCUT2D eigenvalue weighted by Gasteiger charge is 2.30. The van der Waals surface area contributed by atoms with Gasteiger partial charge in [0.1, 0.15) is 11.8 Å². The van der Waals surface area contributed by atoms with Crippen LogP contribution in [0, 0.1) is 11.3 Å². The summed E-state index contributed by atoms with van der Waals surface area (Å²) in [7, 11) is 0. The zero-order chi connectivity index (χ0) is 23.4. The summed E-state index contributed by atoms with van der Waals surface area (Å²) in [5.41, 5.74) is -0.520. The minimum absolute atomic E-state index is 0.0449. The largest absolute Gasteiger partial charge is 0.478 e. The van der Waals surface area contributed by atoms with Gasteiger partial charge >= 0.3 is 6.18 Å². The maximum atomic E-state index is 13.3. The van der Waals surface area contributed by atoms with E-state index >= 15 is 0 Å². The molecule has 1 heterocycles. The number of hydrogen-bond donors (Lipinski definition) is 0. The maximum absolute atomic E-state index is 13.3. The molecule has 0 unspecified atom stereocenters. The lowest BCUT2D eigenvalue weighted by Gasteiger charge is -2.12. The van der Waals surface area contributed by atoms with Gasteiger partial charge in [-0.25, -0.2) is 4.98 Å². The van der Waals surface area contributed by atoms with E-state index in [1.54, 1.807) is 48.5 Å². The smallest absolute Gasteiger partial charge is 0.416 e. The van der Waals surface area contributed by atoms with E-state index in [-0.39, 0.29) is 23.4 Å². The first-order valence-electron chi connectivity index (χ1n) is 9.71. The molecule has 0 aliphatic carbocycles. The zero-order valence-electron chi connectivity index (χ0n) is 17.0. The molecule has 0 radical (unpaired) electrons. The van der Waals surface area contributed by atoms with Gasteiger partial charge in [-0.2, -0.15) is 28.2 Å². The average molecular weight is 448 g/mol. The summed E-state index contributed by atoms with van der Waals surface area (Å²) < 4.78 is 46.2. The molecule has 164 valence electrons. The number of ether oxygens (including phenoxy) is 1. The van der Waals surface area contributed by atoms with Crippen LogP contribution in [0.5, 0.6) is 5.75 Å². The minimum Gasteiger partial charge on any atom is -0.478 e. The van der Waals surface area contributed by atoms with E-state index in [0.29, 0.717) is 16.8 Å². The first kappa shape index (κ1) is 21.8. The third kappa shape index (κ3) is 4.60. The van der Waals surface area contributed by atoms with Crippen LogP contribution < -0.4 is 10.3 Å². The van der Waals surface area contributed by atoms with Crippen LogP contribution in [-0.4, -0.2) is 22.5 Å². The predicted molar refractivity (Wildman–Crippen MR) is 117 cm³/mol. The summed E-state index contributed by atoms with van der Waals surface area (Å²) in [6, 6.07) is 19.7. The van der Waals surface area contributed by atoms with Crippen molar-refractivity contribution in [2.24, 2.45) is 5.10 Å². The maximum Gasteiger partial charge on any atom is 0.416 e. The van der Waals surface area contributed by atoms with Gasteiger partial charge in [-0.3, -0.25) is 4.79 Å². The highest BCUT2D eigenvalue weighted by molar-refractivity contribution is 5.84. The summed E-state index contributed by atoms with van der Waals surface area (Å²) in [6.45, 7) is -0.183. The Labute approximate surface area is 185 Å². The second-order valence-corrected chi connectivity index (χ2v) is 6.88. The van der Waals surface area contributed by atoms with Crippen molar-refractivity contribution in [3.8, 4) is 23.2 Å². The first-order chi connectivity index (χ1) is 15.9. The number of rotatable bonds is 5. The lowest BCUT2D eigenvalue weighted by molar-refractivity contribution is -0.137. The number of benzene rings is 3. The molecule has 0 saturated heterocycles. The monoisotopic (exact) mass is 448 g/mol. The molecule has 9 heteroatoms. The Morgan fingerprint density at radius 1 is 1.06 bits per heavy atom. The normalized spacial score (nSPS) is 11.6. The van der Waals surface area contributed by atoms with Crippen molar-refractivity contribution in [3.05, 3.63) is 94.3 Å². The molecule has 0 saturated carbocycles. The van der Waals surface area contributed by atoms with Gasteiger partial charge in [0.2, 0.25) is 0 Å². The molecule has 4 rings (SSSR count). The second kappa shape index (κ2) is 8.96. The first-order valence-corrected chi connectivity index (χ1v) is 9.71. The van der Waals surface area contributed by atoms with Gasteiger partial charge in [-0.1, -0.05) is 36.4 Å². The molecule has 0 aliphatic heterocycles. The molecule has 0 atom stereocenters. The fourth-order valence-corrected chi connectivity index (χ4v) is 3.20. The third-order valence-electron chi connectivity index (χ3n) is 4.73. The van der Waals surface area contributed by atoms with Gasteiger partial charge in [-0.15, -0.1) is 0 Å². The molecule has 0 fully saturated rings. The van der Waals surface area contributed by atoms with Crippen LogP contribution in [0.2, 0.25) is 0 Å². The molecular weight excluding hydrogens is 433 g/mol. The van der Waals surface area contributed by atoms with E-state index in [1.807, 2.05) is 6.07 Å². The Kier molecular flexibility index (Phi) is 5.91. The van der Waals surface area contributed by atoms with Crippen molar-refractivity contribution in [2.45, 2.75) is 6.18 Å².